The lowest BCUT2D eigenvalue weighted by atomic mass is 10.2. The van der Waals surface area contributed by atoms with Crippen LogP contribution in [0.15, 0.2) is 12.1 Å². The van der Waals surface area contributed by atoms with E-state index in [4.69, 9.17) is 5.73 Å². The van der Waals surface area contributed by atoms with Gasteiger partial charge in [0.25, 0.3) is 0 Å². The van der Waals surface area contributed by atoms with Crippen LogP contribution < -0.4 is 10.6 Å². The van der Waals surface area contributed by atoms with Crippen molar-refractivity contribution >= 4 is 11.6 Å². The van der Waals surface area contributed by atoms with E-state index in [1.165, 1.54) is 12.8 Å². The van der Waals surface area contributed by atoms with Crippen molar-refractivity contribution in [2.75, 3.05) is 36.8 Å². The van der Waals surface area contributed by atoms with Gasteiger partial charge in [-0.05, 0) is 25.0 Å². The molecule has 2 N–H and O–H groups in total. The van der Waals surface area contributed by atoms with Gasteiger partial charge in [-0.25, -0.2) is 4.98 Å². The van der Waals surface area contributed by atoms with Gasteiger partial charge >= 0.3 is 6.18 Å². The SMILES string of the molecule is Nc1cc(C(F)(F)F)cc(N2CCN(C3CC3)CC2)n1. The Balaban J connectivity index is 1.75. The van der Waals surface area contributed by atoms with Crippen LogP contribution in [-0.2, 0) is 6.18 Å². The zero-order valence-corrected chi connectivity index (χ0v) is 11.0. The Bertz CT molecular complexity index is 491. The second kappa shape index (κ2) is 4.80. The molecule has 1 aliphatic heterocycles. The van der Waals surface area contributed by atoms with Gasteiger partial charge in [-0.15, -0.1) is 0 Å². The van der Waals surface area contributed by atoms with E-state index in [-0.39, 0.29) is 5.82 Å². The van der Waals surface area contributed by atoms with Crippen molar-refractivity contribution in [1.82, 2.24) is 9.88 Å². The van der Waals surface area contributed by atoms with Crippen molar-refractivity contribution in [3.8, 4) is 0 Å². The van der Waals surface area contributed by atoms with Gasteiger partial charge in [-0.3, -0.25) is 4.90 Å². The third-order valence-electron chi connectivity index (χ3n) is 3.86. The van der Waals surface area contributed by atoms with Crippen molar-refractivity contribution in [3.63, 3.8) is 0 Å². The molecule has 1 saturated carbocycles. The fourth-order valence-corrected chi connectivity index (χ4v) is 2.62. The molecule has 1 aromatic rings. The molecule has 0 radical (unpaired) electrons. The summed E-state index contributed by atoms with van der Waals surface area (Å²) in [4.78, 5) is 8.32. The molecule has 1 aromatic heterocycles. The number of alkyl halides is 3. The number of piperazine rings is 1. The number of hydrogen-bond acceptors (Lipinski definition) is 4. The summed E-state index contributed by atoms with van der Waals surface area (Å²) in [5, 5.41) is 0. The number of anilines is 2. The van der Waals surface area contributed by atoms with E-state index < -0.39 is 11.7 Å². The summed E-state index contributed by atoms with van der Waals surface area (Å²) in [6.45, 7) is 3.15. The molecule has 2 heterocycles. The smallest absolute Gasteiger partial charge is 0.384 e. The Morgan fingerprint density at radius 3 is 2.30 bits per heavy atom. The van der Waals surface area contributed by atoms with Gasteiger partial charge in [0.2, 0.25) is 0 Å². The maximum Gasteiger partial charge on any atom is 0.416 e. The minimum Gasteiger partial charge on any atom is -0.384 e. The summed E-state index contributed by atoms with van der Waals surface area (Å²) in [5.74, 6) is 0.243. The Labute approximate surface area is 115 Å². The molecule has 2 aliphatic rings. The largest absolute Gasteiger partial charge is 0.416 e. The summed E-state index contributed by atoms with van der Waals surface area (Å²) < 4.78 is 38.3. The van der Waals surface area contributed by atoms with Crippen molar-refractivity contribution < 1.29 is 13.2 Å². The normalized spacial score (nSPS) is 21.2. The van der Waals surface area contributed by atoms with E-state index in [2.05, 4.69) is 9.88 Å². The second-order valence-electron chi connectivity index (χ2n) is 5.39. The topological polar surface area (TPSA) is 45.4 Å². The maximum absolute atomic E-state index is 12.8. The lowest BCUT2D eigenvalue weighted by Gasteiger charge is -2.35. The standard InChI is InChI=1S/C13H17F3N4/c14-13(15,16)9-7-11(17)18-12(8-9)20-5-3-19(4-6-20)10-1-2-10/h7-8,10H,1-6H2,(H2,17,18). The highest BCUT2D eigenvalue weighted by Crippen LogP contribution is 2.33. The van der Waals surface area contributed by atoms with Crippen LogP contribution in [0.5, 0.6) is 0 Å². The molecule has 2 fully saturated rings. The number of aromatic nitrogens is 1. The molecule has 20 heavy (non-hydrogen) atoms. The zero-order valence-electron chi connectivity index (χ0n) is 11.0. The predicted molar refractivity (Wildman–Crippen MR) is 70.5 cm³/mol. The lowest BCUT2D eigenvalue weighted by molar-refractivity contribution is -0.137. The molecular weight excluding hydrogens is 269 g/mol. The Morgan fingerprint density at radius 1 is 1.10 bits per heavy atom. The first-order valence-corrected chi connectivity index (χ1v) is 6.77. The summed E-state index contributed by atoms with van der Waals surface area (Å²) in [6.07, 6.45) is -1.90. The molecule has 0 amide bonds. The van der Waals surface area contributed by atoms with Gasteiger partial charge in [-0.1, -0.05) is 0 Å². The second-order valence-corrected chi connectivity index (χ2v) is 5.39. The first kappa shape index (κ1) is 13.5. The molecule has 0 spiro atoms. The Kier molecular flexibility index (Phi) is 3.24. The number of halogens is 3. The molecule has 0 bridgehead atoms. The number of rotatable bonds is 2. The predicted octanol–water partition coefficient (Wildman–Crippen LogP) is 1.97. The van der Waals surface area contributed by atoms with E-state index in [1.807, 2.05) is 4.90 Å². The molecular formula is C13H17F3N4. The number of pyridine rings is 1. The average molecular weight is 286 g/mol. The molecule has 7 heteroatoms. The van der Waals surface area contributed by atoms with Crippen LogP contribution in [0.4, 0.5) is 24.8 Å². The zero-order chi connectivity index (χ0) is 14.3. The molecule has 1 saturated heterocycles. The first-order valence-electron chi connectivity index (χ1n) is 6.77. The number of nitrogen functional groups attached to an aromatic ring is 1. The molecule has 0 unspecified atom stereocenters. The third-order valence-corrected chi connectivity index (χ3v) is 3.86. The number of hydrogen-bond donors (Lipinski definition) is 1. The molecule has 0 aromatic carbocycles. The van der Waals surface area contributed by atoms with Gasteiger partial charge < -0.3 is 10.6 Å². The van der Waals surface area contributed by atoms with Crippen LogP contribution in [0, 0.1) is 0 Å². The van der Waals surface area contributed by atoms with Crippen molar-refractivity contribution in [2.45, 2.75) is 25.1 Å². The van der Waals surface area contributed by atoms with E-state index >= 15 is 0 Å². The van der Waals surface area contributed by atoms with Gasteiger partial charge in [0.1, 0.15) is 11.6 Å². The van der Waals surface area contributed by atoms with Crippen molar-refractivity contribution in [2.24, 2.45) is 0 Å². The van der Waals surface area contributed by atoms with E-state index in [0.717, 1.165) is 25.2 Å². The van der Waals surface area contributed by atoms with Gasteiger partial charge in [0.05, 0.1) is 5.56 Å². The molecule has 0 atom stereocenters. The van der Waals surface area contributed by atoms with Crippen LogP contribution in [-0.4, -0.2) is 42.1 Å². The summed E-state index contributed by atoms with van der Waals surface area (Å²) in [7, 11) is 0. The van der Waals surface area contributed by atoms with Crippen molar-refractivity contribution in [3.05, 3.63) is 17.7 Å². The van der Waals surface area contributed by atoms with Crippen LogP contribution in [0.3, 0.4) is 0 Å². The van der Waals surface area contributed by atoms with Gasteiger partial charge in [0, 0.05) is 32.2 Å². The fraction of sp³-hybridized carbons (Fsp3) is 0.615. The minimum absolute atomic E-state index is 0.0838. The van der Waals surface area contributed by atoms with E-state index in [0.29, 0.717) is 24.9 Å². The molecule has 110 valence electrons. The molecule has 3 rings (SSSR count). The van der Waals surface area contributed by atoms with Crippen LogP contribution in [0.2, 0.25) is 0 Å². The summed E-state index contributed by atoms with van der Waals surface area (Å²) in [5.41, 5.74) is 4.77. The van der Waals surface area contributed by atoms with Crippen LogP contribution >= 0.6 is 0 Å². The van der Waals surface area contributed by atoms with Gasteiger partial charge in [0.15, 0.2) is 0 Å². The van der Waals surface area contributed by atoms with E-state index in [9.17, 15) is 13.2 Å². The average Bonchev–Trinajstić information content (AvgIpc) is 3.21. The maximum atomic E-state index is 12.8. The summed E-state index contributed by atoms with van der Waals surface area (Å²) in [6, 6.07) is 2.66. The highest BCUT2D eigenvalue weighted by molar-refractivity contribution is 5.49. The Morgan fingerprint density at radius 2 is 1.75 bits per heavy atom. The molecule has 1 aliphatic carbocycles. The molecule has 4 nitrogen and oxygen atoms in total. The highest BCUT2D eigenvalue weighted by atomic mass is 19.4. The van der Waals surface area contributed by atoms with Gasteiger partial charge in [-0.2, -0.15) is 13.2 Å². The quantitative estimate of drug-likeness (QED) is 0.903. The monoisotopic (exact) mass is 286 g/mol. The minimum atomic E-state index is -4.39. The fourth-order valence-electron chi connectivity index (χ4n) is 2.62. The third kappa shape index (κ3) is 2.82. The Hall–Kier alpha value is -1.50. The summed E-state index contributed by atoms with van der Waals surface area (Å²) >= 11 is 0. The van der Waals surface area contributed by atoms with Crippen LogP contribution in [0.1, 0.15) is 18.4 Å². The van der Waals surface area contributed by atoms with Crippen molar-refractivity contribution in [1.29, 1.82) is 0 Å². The lowest BCUT2D eigenvalue weighted by Crippen LogP contribution is -2.47. The number of nitrogens with zero attached hydrogens (tertiary/aromatic N) is 3. The number of nitrogens with two attached hydrogens (primary N) is 1. The highest BCUT2D eigenvalue weighted by Gasteiger charge is 2.34. The first-order chi connectivity index (χ1) is 9.43. The van der Waals surface area contributed by atoms with Crippen LogP contribution in [0.25, 0.3) is 0 Å². The van der Waals surface area contributed by atoms with E-state index in [1.54, 1.807) is 0 Å².